The molecular formula is C16H17F2NO. The van der Waals surface area contributed by atoms with E-state index in [9.17, 15) is 8.78 Å². The van der Waals surface area contributed by atoms with Gasteiger partial charge in [-0.1, -0.05) is 26.0 Å². The SMILES string of the molecule is Cc1ccc(C(C)C)c(Oc2c(N)ccc(F)c2F)c1. The molecule has 0 spiro atoms. The minimum absolute atomic E-state index is 0.0695. The molecule has 2 aromatic rings. The molecule has 2 nitrogen and oxygen atoms in total. The van der Waals surface area contributed by atoms with Crippen molar-refractivity contribution >= 4 is 5.69 Å². The van der Waals surface area contributed by atoms with Gasteiger partial charge in [-0.2, -0.15) is 4.39 Å². The van der Waals surface area contributed by atoms with Gasteiger partial charge < -0.3 is 10.5 Å². The van der Waals surface area contributed by atoms with Gasteiger partial charge in [-0.25, -0.2) is 4.39 Å². The van der Waals surface area contributed by atoms with Crippen LogP contribution in [0.3, 0.4) is 0 Å². The van der Waals surface area contributed by atoms with Crippen LogP contribution in [0, 0.1) is 18.6 Å². The van der Waals surface area contributed by atoms with Crippen LogP contribution in [0.1, 0.15) is 30.9 Å². The van der Waals surface area contributed by atoms with E-state index in [4.69, 9.17) is 10.5 Å². The fourth-order valence-corrected chi connectivity index (χ4v) is 1.97. The van der Waals surface area contributed by atoms with E-state index in [2.05, 4.69) is 0 Å². The van der Waals surface area contributed by atoms with Crippen LogP contribution in [0.25, 0.3) is 0 Å². The largest absolute Gasteiger partial charge is 0.452 e. The number of nitrogens with two attached hydrogens (primary N) is 1. The number of hydrogen-bond donors (Lipinski definition) is 1. The van der Waals surface area contributed by atoms with Gasteiger partial charge in [-0.05, 0) is 42.2 Å². The van der Waals surface area contributed by atoms with Crippen molar-refractivity contribution in [1.82, 2.24) is 0 Å². The van der Waals surface area contributed by atoms with Crippen LogP contribution < -0.4 is 10.5 Å². The first kappa shape index (κ1) is 14.3. The number of hydrogen-bond acceptors (Lipinski definition) is 2. The van der Waals surface area contributed by atoms with Crippen molar-refractivity contribution in [3.05, 3.63) is 53.1 Å². The first-order valence-corrected chi connectivity index (χ1v) is 6.42. The van der Waals surface area contributed by atoms with E-state index in [0.717, 1.165) is 17.2 Å². The van der Waals surface area contributed by atoms with Crippen molar-refractivity contribution in [2.24, 2.45) is 0 Å². The number of ether oxygens (including phenoxy) is 1. The molecule has 0 atom stereocenters. The van der Waals surface area contributed by atoms with Gasteiger partial charge >= 0.3 is 0 Å². The Morgan fingerprint density at radius 3 is 2.45 bits per heavy atom. The number of benzene rings is 2. The summed E-state index contributed by atoms with van der Waals surface area (Å²) in [6.45, 7) is 5.91. The van der Waals surface area contributed by atoms with Crippen molar-refractivity contribution in [3.8, 4) is 11.5 Å². The molecule has 2 rings (SSSR count). The maximum Gasteiger partial charge on any atom is 0.203 e. The molecule has 2 aromatic carbocycles. The summed E-state index contributed by atoms with van der Waals surface area (Å²) in [5.74, 6) is -1.62. The number of nitrogen functional groups attached to an aromatic ring is 1. The maximum absolute atomic E-state index is 13.8. The Labute approximate surface area is 117 Å². The van der Waals surface area contributed by atoms with Gasteiger partial charge in [0.2, 0.25) is 5.82 Å². The maximum atomic E-state index is 13.8. The van der Waals surface area contributed by atoms with Crippen LogP contribution in [-0.4, -0.2) is 0 Å². The highest BCUT2D eigenvalue weighted by molar-refractivity contribution is 5.56. The Kier molecular flexibility index (Phi) is 3.93. The standard InChI is InChI=1S/C16H17F2NO/c1-9(2)11-5-4-10(3)8-14(11)20-16-13(19)7-6-12(17)15(16)18/h4-9H,19H2,1-3H3. The summed E-state index contributed by atoms with van der Waals surface area (Å²) in [6.07, 6.45) is 0. The van der Waals surface area contributed by atoms with Crippen molar-refractivity contribution in [3.63, 3.8) is 0 Å². The summed E-state index contributed by atoms with van der Waals surface area (Å²) in [5.41, 5.74) is 7.63. The van der Waals surface area contributed by atoms with E-state index in [1.807, 2.05) is 32.9 Å². The van der Waals surface area contributed by atoms with Crippen molar-refractivity contribution in [1.29, 1.82) is 0 Å². The predicted octanol–water partition coefficient (Wildman–Crippen LogP) is 4.77. The molecule has 0 bridgehead atoms. The van der Waals surface area contributed by atoms with Crippen LogP contribution in [0.15, 0.2) is 30.3 Å². The lowest BCUT2D eigenvalue weighted by atomic mass is 10.0. The molecular weight excluding hydrogens is 260 g/mol. The molecule has 106 valence electrons. The van der Waals surface area contributed by atoms with E-state index in [1.165, 1.54) is 6.07 Å². The summed E-state index contributed by atoms with van der Waals surface area (Å²) in [7, 11) is 0. The van der Waals surface area contributed by atoms with Gasteiger partial charge in [-0.3, -0.25) is 0 Å². The first-order valence-electron chi connectivity index (χ1n) is 6.42. The normalized spacial score (nSPS) is 10.9. The predicted molar refractivity (Wildman–Crippen MR) is 76.1 cm³/mol. The van der Waals surface area contributed by atoms with Crippen molar-refractivity contribution in [2.45, 2.75) is 26.7 Å². The van der Waals surface area contributed by atoms with E-state index in [1.54, 1.807) is 6.07 Å². The van der Waals surface area contributed by atoms with E-state index in [0.29, 0.717) is 5.75 Å². The Bertz CT molecular complexity index is 639. The molecule has 0 unspecified atom stereocenters. The second-order valence-electron chi connectivity index (χ2n) is 5.08. The number of rotatable bonds is 3. The second-order valence-corrected chi connectivity index (χ2v) is 5.08. The lowest BCUT2D eigenvalue weighted by Crippen LogP contribution is -2.00. The molecule has 0 aliphatic rings. The lowest BCUT2D eigenvalue weighted by molar-refractivity contribution is 0.413. The Morgan fingerprint density at radius 1 is 1.10 bits per heavy atom. The average Bonchev–Trinajstić information content (AvgIpc) is 2.39. The molecule has 2 N–H and O–H groups in total. The third-order valence-corrected chi connectivity index (χ3v) is 3.08. The molecule has 0 radical (unpaired) electrons. The van der Waals surface area contributed by atoms with Crippen LogP contribution in [-0.2, 0) is 0 Å². The number of halogens is 2. The van der Waals surface area contributed by atoms with Gasteiger partial charge in [0.15, 0.2) is 11.6 Å². The fraction of sp³-hybridized carbons (Fsp3) is 0.250. The van der Waals surface area contributed by atoms with Crippen LogP contribution >= 0.6 is 0 Å². The number of anilines is 1. The Balaban J connectivity index is 2.50. The smallest absolute Gasteiger partial charge is 0.203 e. The Hall–Kier alpha value is -2.10. The molecule has 0 saturated heterocycles. The zero-order chi connectivity index (χ0) is 14.9. The molecule has 20 heavy (non-hydrogen) atoms. The first-order chi connectivity index (χ1) is 9.40. The molecule has 0 amide bonds. The summed E-state index contributed by atoms with van der Waals surface area (Å²) in [4.78, 5) is 0. The number of aryl methyl sites for hydroxylation is 1. The van der Waals surface area contributed by atoms with Crippen LogP contribution in [0.2, 0.25) is 0 Å². The molecule has 4 heteroatoms. The molecule has 0 aliphatic carbocycles. The highest BCUT2D eigenvalue weighted by atomic mass is 19.2. The lowest BCUT2D eigenvalue weighted by Gasteiger charge is -2.16. The molecule has 0 saturated carbocycles. The van der Waals surface area contributed by atoms with Crippen molar-refractivity contribution in [2.75, 3.05) is 5.73 Å². The second kappa shape index (κ2) is 5.49. The van der Waals surface area contributed by atoms with Gasteiger partial charge in [0.25, 0.3) is 0 Å². The topological polar surface area (TPSA) is 35.2 Å². The molecule has 0 fully saturated rings. The average molecular weight is 277 g/mol. The van der Waals surface area contributed by atoms with Crippen LogP contribution in [0.4, 0.5) is 14.5 Å². The third kappa shape index (κ3) is 2.74. The minimum atomic E-state index is -1.07. The third-order valence-electron chi connectivity index (χ3n) is 3.08. The highest BCUT2D eigenvalue weighted by Gasteiger charge is 2.17. The zero-order valence-electron chi connectivity index (χ0n) is 11.7. The minimum Gasteiger partial charge on any atom is -0.452 e. The fourth-order valence-electron chi connectivity index (χ4n) is 1.97. The van der Waals surface area contributed by atoms with E-state index < -0.39 is 11.6 Å². The van der Waals surface area contributed by atoms with Gasteiger partial charge in [-0.15, -0.1) is 0 Å². The highest BCUT2D eigenvalue weighted by Crippen LogP contribution is 2.36. The van der Waals surface area contributed by atoms with Gasteiger partial charge in [0.05, 0.1) is 5.69 Å². The molecule has 0 heterocycles. The monoisotopic (exact) mass is 277 g/mol. The summed E-state index contributed by atoms with van der Waals surface area (Å²) >= 11 is 0. The van der Waals surface area contributed by atoms with E-state index >= 15 is 0 Å². The molecule has 0 aromatic heterocycles. The van der Waals surface area contributed by atoms with E-state index in [-0.39, 0.29) is 17.4 Å². The van der Waals surface area contributed by atoms with Crippen molar-refractivity contribution < 1.29 is 13.5 Å². The summed E-state index contributed by atoms with van der Waals surface area (Å²) in [6, 6.07) is 7.94. The molecule has 0 aliphatic heterocycles. The van der Waals surface area contributed by atoms with Gasteiger partial charge in [0.1, 0.15) is 5.75 Å². The zero-order valence-corrected chi connectivity index (χ0v) is 11.7. The van der Waals surface area contributed by atoms with Crippen LogP contribution in [0.5, 0.6) is 11.5 Å². The summed E-state index contributed by atoms with van der Waals surface area (Å²) < 4.78 is 32.6. The summed E-state index contributed by atoms with van der Waals surface area (Å²) in [5, 5.41) is 0. The van der Waals surface area contributed by atoms with Gasteiger partial charge in [0, 0.05) is 0 Å². The Morgan fingerprint density at radius 2 is 1.80 bits per heavy atom. The quantitative estimate of drug-likeness (QED) is 0.820.